The first kappa shape index (κ1) is 16.5. The van der Waals surface area contributed by atoms with Crippen molar-refractivity contribution in [3.05, 3.63) is 18.2 Å². The number of rotatable bonds is 7. The van der Waals surface area contributed by atoms with Crippen LogP contribution in [-0.2, 0) is 16.0 Å². The molecule has 4 N–H and O–H groups in total. The number of urea groups is 1. The van der Waals surface area contributed by atoms with Crippen molar-refractivity contribution in [1.29, 1.82) is 0 Å². The Morgan fingerprint density at radius 1 is 1.43 bits per heavy atom. The van der Waals surface area contributed by atoms with Crippen LogP contribution in [-0.4, -0.2) is 64.6 Å². The number of H-pyrrole nitrogens is 1. The minimum atomic E-state index is -1.15. The molecule has 1 aromatic rings. The van der Waals surface area contributed by atoms with E-state index in [9.17, 15) is 14.4 Å². The maximum atomic E-state index is 11.6. The number of carbonyl (C=O) groups excluding carboxylic acids is 2. The van der Waals surface area contributed by atoms with Gasteiger partial charge in [0.05, 0.1) is 6.33 Å². The Morgan fingerprint density at radius 3 is 2.67 bits per heavy atom. The average Bonchev–Trinajstić information content (AvgIpc) is 2.90. The van der Waals surface area contributed by atoms with Crippen LogP contribution in [0.1, 0.15) is 12.1 Å². The minimum Gasteiger partial charge on any atom is -0.480 e. The highest BCUT2D eigenvalue weighted by Gasteiger charge is 2.20. The van der Waals surface area contributed by atoms with Crippen LogP contribution in [0.15, 0.2) is 12.5 Å². The Morgan fingerprint density at radius 2 is 2.14 bits per heavy atom. The van der Waals surface area contributed by atoms with E-state index < -0.39 is 18.0 Å². The molecule has 9 nitrogen and oxygen atoms in total. The second-order valence-corrected chi connectivity index (χ2v) is 4.61. The Hall–Kier alpha value is -2.58. The molecule has 0 aliphatic heterocycles. The van der Waals surface area contributed by atoms with Gasteiger partial charge in [-0.05, 0) is 0 Å². The maximum absolute atomic E-state index is 11.6. The zero-order valence-corrected chi connectivity index (χ0v) is 11.9. The lowest BCUT2D eigenvalue weighted by atomic mass is 10.2. The highest BCUT2D eigenvalue weighted by Crippen LogP contribution is 1.98. The average molecular weight is 297 g/mol. The van der Waals surface area contributed by atoms with Crippen LogP contribution in [0.2, 0.25) is 0 Å². The number of aromatic nitrogens is 2. The summed E-state index contributed by atoms with van der Waals surface area (Å²) in [6, 6.07) is -1.71. The lowest BCUT2D eigenvalue weighted by Crippen LogP contribution is -2.47. The smallest absolute Gasteiger partial charge is 0.326 e. The summed E-state index contributed by atoms with van der Waals surface area (Å²) >= 11 is 0. The number of nitrogens with one attached hydrogen (secondary N) is 3. The molecule has 0 aromatic carbocycles. The summed E-state index contributed by atoms with van der Waals surface area (Å²) in [6.07, 6.45) is 3.17. The van der Waals surface area contributed by atoms with Crippen LogP contribution in [0.5, 0.6) is 0 Å². The van der Waals surface area contributed by atoms with Gasteiger partial charge >= 0.3 is 12.0 Å². The van der Waals surface area contributed by atoms with Gasteiger partial charge in [0.2, 0.25) is 5.91 Å². The first-order valence-electron chi connectivity index (χ1n) is 6.34. The maximum Gasteiger partial charge on any atom is 0.326 e. The van der Waals surface area contributed by atoms with E-state index in [1.807, 2.05) is 0 Å². The predicted octanol–water partition coefficient (Wildman–Crippen LogP) is -0.817. The van der Waals surface area contributed by atoms with Crippen molar-refractivity contribution >= 4 is 17.9 Å². The van der Waals surface area contributed by atoms with Crippen molar-refractivity contribution in [3.63, 3.8) is 0 Å². The number of carboxylic acid groups (broad SMARTS) is 1. The van der Waals surface area contributed by atoms with E-state index in [0.717, 1.165) is 0 Å². The van der Waals surface area contributed by atoms with Crippen LogP contribution >= 0.6 is 0 Å². The molecule has 9 heteroatoms. The van der Waals surface area contributed by atoms with Gasteiger partial charge in [0, 0.05) is 45.4 Å². The highest BCUT2D eigenvalue weighted by molar-refractivity contribution is 5.83. The van der Waals surface area contributed by atoms with Gasteiger partial charge in [0.1, 0.15) is 6.04 Å². The molecule has 0 bridgehead atoms. The summed E-state index contributed by atoms with van der Waals surface area (Å²) in [5.41, 5.74) is 0.602. The third kappa shape index (κ3) is 5.93. The van der Waals surface area contributed by atoms with Gasteiger partial charge in [-0.25, -0.2) is 14.6 Å². The highest BCUT2D eigenvalue weighted by atomic mass is 16.4. The number of carboxylic acids is 1. The van der Waals surface area contributed by atoms with Gasteiger partial charge in [-0.3, -0.25) is 4.79 Å². The van der Waals surface area contributed by atoms with E-state index in [4.69, 9.17) is 5.11 Å². The van der Waals surface area contributed by atoms with Crippen molar-refractivity contribution in [2.75, 3.05) is 20.6 Å². The molecule has 1 unspecified atom stereocenters. The zero-order chi connectivity index (χ0) is 15.8. The fraction of sp³-hybridized carbons (Fsp3) is 0.500. The number of aliphatic carboxylic acids is 1. The number of nitrogens with zero attached hydrogens (tertiary/aromatic N) is 2. The first-order chi connectivity index (χ1) is 9.90. The molecule has 0 radical (unpaired) electrons. The van der Waals surface area contributed by atoms with Crippen LogP contribution in [0.3, 0.4) is 0 Å². The molecule has 0 saturated carbocycles. The predicted molar refractivity (Wildman–Crippen MR) is 73.6 cm³/mol. The van der Waals surface area contributed by atoms with Gasteiger partial charge in [-0.1, -0.05) is 0 Å². The van der Waals surface area contributed by atoms with Crippen molar-refractivity contribution in [2.24, 2.45) is 0 Å². The summed E-state index contributed by atoms with van der Waals surface area (Å²) in [7, 11) is 3.24. The summed E-state index contributed by atoms with van der Waals surface area (Å²) < 4.78 is 0. The summed E-state index contributed by atoms with van der Waals surface area (Å²) in [4.78, 5) is 42.0. The van der Waals surface area contributed by atoms with Crippen LogP contribution in [0, 0.1) is 0 Å². The lowest BCUT2D eigenvalue weighted by Gasteiger charge is -2.15. The van der Waals surface area contributed by atoms with Crippen LogP contribution in [0.25, 0.3) is 0 Å². The number of amides is 3. The lowest BCUT2D eigenvalue weighted by molar-refractivity contribution is -0.139. The van der Waals surface area contributed by atoms with Crippen molar-refractivity contribution in [2.45, 2.75) is 18.9 Å². The molecule has 1 atom stereocenters. The van der Waals surface area contributed by atoms with E-state index in [0.29, 0.717) is 5.69 Å². The van der Waals surface area contributed by atoms with Crippen LogP contribution in [0.4, 0.5) is 4.79 Å². The van der Waals surface area contributed by atoms with Crippen LogP contribution < -0.4 is 10.6 Å². The molecule has 1 rings (SSSR count). The number of hydrogen-bond donors (Lipinski definition) is 4. The number of carbonyl (C=O) groups is 3. The van der Waals surface area contributed by atoms with Gasteiger partial charge in [0.15, 0.2) is 0 Å². The largest absolute Gasteiger partial charge is 0.480 e. The van der Waals surface area contributed by atoms with Crippen molar-refractivity contribution in [3.8, 4) is 0 Å². The third-order valence-corrected chi connectivity index (χ3v) is 2.71. The molecule has 116 valence electrons. The Labute approximate surface area is 121 Å². The van der Waals surface area contributed by atoms with E-state index in [1.165, 1.54) is 17.4 Å². The first-order valence-corrected chi connectivity index (χ1v) is 6.34. The Balaban J connectivity index is 2.39. The van der Waals surface area contributed by atoms with Gasteiger partial charge in [0.25, 0.3) is 0 Å². The summed E-state index contributed by atoms with van der Waals surface area (Å²) in [6.45, 7) is 0.138. The molecule has 0 spiro atoms. The fourth-order valence-corrected chi connectivity index (χ4v) is 1.53. The molecule has 0 aliphatic rings. The standard InChI is InChI=1S/C12H19N5O4/c1-17(2)10(18)3-4-14-12(21)16-9(11(19)20)5-8-6-13-7-15-8/h6-7,9H,3-5H2,1-2H3,(H,13,15)(H,19,20)(H2,14,16,21). The van der Waals surface area contributed by atoms with Gasteiger partial charge in [-0.15, -0.1) is 0 Å². The normalized spacial score (nSPS) is 11.5. The molecule has 3 amide bonds. The molecular formula is C12H19N5O4. The molecule has 0 fully saturated rings. The van der Waals surface area contributed by atoms with Crippen molar-refractivity contribution < 1.29 is 19.5 Å². The van der Waals surface area contributed by atoms with E-state index in [2.05, 4.69) is 20.6 Å². The Kier molecular flexibility index (Phi) is 6.18. The number of hydrogen-bond acceptors (Lipinski definition) is 4. The zero-order valence-electron chi connectivity index (χ0n) is 11.9. The van der Waals surface area contributed by atoms with Gasteiger partial charge < -0.3 is 25.6 Å². The van der Waals surface area contributed by atoms with E-state index >= 15 is 0 Å². The van der Waals surface area contributed by atoms with E-state index in [-0.39, 0.29) is 25.3 Å². The Bertz CT molecular complexity index is 486. The topological polar surface area (TPSA) is 127 Å². The van der Waals surface area contributed by atoms with Crippen molar-refractivity contribution in [1.82, 2.24) is 25.5 Å². The SMILES string of the molecule is CN(C)C(=O)CCNC(=O)NC(Cc1cnc[nH]1)C(=O)O. The molecule has 0 saturated heterocycles. The quantitative estimate of drug-likeness (QED) is 0.523. The monoisotopic (exact) mass is 297 g/mol. The molecule has 0 aliphatic carbocycles. The second kappa shape index (κ2) is 7.88. The summed E-state index contributed by atoms with van der Waals surface area (Å²) in [5, 5.41) is 13.9. The molecule has 1 aromatic heterocycles. The number of aromatic amines is 1. The molecule has 21 heavy (non-hydrogen) atoms. The second-order valence-electron chi connectivity index (χ2n) is 4.61. The number of imidazole rings is 1. The minimum absolute atomic E-state index is 0.0966. The van der Waals surface area contributed by atoms with E-state index in [1.54, 1.807) is 14.1 Å². The third-order valence-electron chi connectivity index (χ3n) is 2.71. The molecular weight excluding hydrogens is 278 g/mol. The molecule has 1 heterocycles. The van der Waals surface area contributed by atoms with Gasteiger partial charge in [-0.2, -0.15) is 0 Å². The fourth-order valence-electron chi connectivity index (χ4n) is 1.53. The summed E-state index contributed by atoms with van der Waals surface area (Å²) in [5.74, 6) is -1.27.